The molecule has 0 amide bonds. The Morgan fingerprint density at radius 1 is 1.30 bits per heavy atom. The van der Waals surface area contributed by atoms with Crippen LogP contribution in [0.25, 0.3) is 0 Å². The van der Waals surface area contributed by atoms with E-state index in [4.69, 9.17) is 27.9 Å². The van der Waals surface area contributed by atoms with Crippen LogP contribution in [-0.2, 0) is 11.3 Å². The maximum absolute atomic E-state index is 6.08. The van der Waals surface area contributed by atoms with Gasteiger partial charge in [0.2, 0.25) is 5.28 Å². The van der Waals surface area contributed by atoms with Gasteiger partial charge in [-0.2, -0.15) is 0 Å². The van der Waals surface area contributed by atoms with Crippen molar-refractivity contribution in [1.82, 2.24) is 14.9 Å². The van der Waals surface area contributed by atoms with Crippen molar-refractivity contribution >= 4 is 23.2 Å². The lowest BCUT2D eigenvalue weighted by atomic mass is 10.1. The van der Waals surface area contributed by atoms with Crippen LogP contribution in [0.2, 0.25) is 10.4 Å². The molecule has 0 atom stereocenters. The molecule has 1 saturated heterocycles. The van der Waals surface area contributed by atoms with Crippen LogP contribution in [0.15, 0.2) is 6.20 Å². The smallest absolute Gasteiger partial charge is 0.223 e. The average molecular weight is 318 g/mol. The predicted molar refractivity (Wildman–Crippen MR) is 81.2 cm³/mol. The lowest BCUT2D eigenvalue weighted by Gasteiger charge is -2.35. The van der Waals surface area contributed by atoms with E-state index in [-0.39, 0.29) is 10.9 Å². The van der Waals surface area contributed by atoms with Crippen LogP contribution >= 0.6 is 23.2 Å². The summed E-state index contributed by atoms with van der Waals surface area (Å²) in [5.74, 6) is 0. The summed E-state index contributed by atoms with van der Waals surface area (Å²) >= 11 is 11.8. The SMILES string of the molecule is CC(C)(C)OC1CCN(Cc2cnc(Cl)nc2Cl)CC1. The lowest BCUT2D eigenvalue weighted by Crippen LogP contribution is -2.39. The summed E-state index contributed by atoms with van der Waals surface area (Å²) in [5.41, 5.74) is 0.853. The number of halogens is 2. The molecule has 112 valence electrons. The Balaban J connectivity index is 1.85. The van der Waals surface area contributed by atoms with Crippen LogP contribution < -0.4 is 0 Å². The Kier molecular flexibility index (Phi) is 5.24. The van der Waals surface area contributed by atoms with Crippen molar-refractivity contribution in [3.63, 3.8) is 0 Å². The van der Waals surface area contributed by atoms with Crippen LogP contribution in [0, 0.1) is 0 Å². The van der Waals surface area contributed by atoms with Crippen LogP contribution in [0.4, 0.5) is 0 Å². The van der Waals surface area contributed by atoms with Crippen molar-refractivity contribution < 1.29 is 4.74 Å². The van der Waals surface area contributed by atoms with Crippen molar-refractivity contribution in [3.05, 3.63) is 22.2 Å². The Morgan fingerprint density at radius 2 is 1.95 bits per heavy atom. The Labute approximate surface area is 130 Å². The topological polar surface area (TPSA) is 38.2 Å². The van der Waals surface area contributed by atoms with Crippen LogP contribution in [-0.4, -0.2) is 39.7 Å². The van der Waals surface area contributed by atoms with E-state index in [1.54, 1.807) is 6.20 Å². The Morgan fingerprint density at radius 3 is 2.50 bits per heavy atom. The van der Waals surface area contributed by atoms with Crippen LogP contribution in [0.1, 0.15) is 39.2 Å². The predicted octanol–water partition coefficient (Wildman–Crippen LogP) is 3.56. The molecule has 4 nitrogen and oxygen atoms in total. The van der Waals surface area contributed by atoms with Gasteiger partial charge in [0.15, 0.2) is 0 Å². The summed E-state index contributed by atoms with van der Waals surface area (Å²) in [6.45, 7) is 9.07. The Bertz CT molecular complexity index is 454. The summed E-state index contributed by atoms with van der Waals surface area (Å²) in [5, 5.41) is 0.633. The third-order valence-corrected chi connectivity index (χ3v) is 3.74. The minimum absolute atomic E-state index is 0.0693. The third kappa shape index (κ3) is 4.85. The minimum atomic E-state index is -0.0693. The first-order valence-corrected chi connectivity index (χ1v) is 7.66. The zero-order valence-corrected chi connectivity index (χ0v) is 13.7. The molecule has 0 spiro atoms. The van der Waals surface area contributed by atoms with E-state index < -0.39 is 0 Å². The Hall–Kier alpha value is -0.420. The molecule has 1 aromatic heterocycles. The molecule has 6 heteroatoms. The molecule has 0 aliphatic carbocycles. The number of nitrogens with zero attached hydrogens (tertiary/aromatic N) is 3. The van der Waals surface area contributed by atoms with Crippen molar-refractivity contribution in [2.45, 2.75) is 51.9 Å². The molecule has 0 bridgehead atoms. The highest BCUT2D eigenvalue weighted by Crippen LogP contribution is 2.22. The fraction of sp³-hybridized carbons (Fsp3) is 0.714. The minimum Gasteiger partial charge on any atom is -0.373 e. The van der Waals surface area contributed by atoms with Gasteiger partial charge in [-0.25, -0.2) is 9.97 Å². The molecule has 1 fully saturated rings. The van der Waals surface area contributed by atoms with E-state index in [2.05, 4.69) is 35.6 Å². The highest BCUT2D eigenvalue weighted by atomic mass is 35.5. The molecule has 0 unspecified atom stereocenters. The first-order valence-electron chi connectivity index (χ1n) is 6.90. The van der Waals surface area contributed by atoms with Gasteiger partial charge >= 0.3 is 0 Å². The molecule has 0 N–H and O–H groups in total. The maximum Gasteiger partial charge on any atom is 0.223 e. The van der Waals surface area contributed by atoms with Gasteiger partial charge < -0.3 is 4.74 Å². The molecule has 0 aromatic carbocycles. The molecule has 0 saturated carbocycles. The molecule has 1 aliphatic heterocycles. The van der Waals surface area contributed by atoms with Gasteiger partial charge in [-0.15, -0.1) is 0 Å². The van der Waals surface area contributed by atoms with E-state index in [0.717, 1.165) is 38.0 Å². The first-order chi connectivity index (χ1) is 9.33. The van der Waals surface area contributed by atoms with Gasteiger partial charge in [-0.05, 0) is 45.2 Å². The van der Waals surface area contributed by atoms with Gasteiger partial charge in [-0.3, -0.25) is 4.90 Å². The summed E-state index contributed by atoms with van der Waals surface area (Å²) in [6.07, 6.45) is 4.14. The molecule has 2 rings (SSSR count). The van der Waals surface area contributed by atoms with E-state index in [9.17, 15) is 0 Å². The van der Waals surface area contributed by atoms with Gasteiger partial charge in [-0.1, -0.05) is 11.6 Å². The molecule has 0 radical (unpaired) electrons. The summed E-state index contributed by atoms with van der Waals surface area (Å²) in [6, 6.07) is 0. The molecule has 2 heterocycles. The number of rotatable bonds is 3. The first kappa shape index (κ1) is 16.0. The van der Waals surface area contributed by atoms with Crippen LogP contribution in [0.5, 0.6) is 0 Å². The third-order valence-electron chi connectivity index (χ3n) is 3.23. The van der Waals surface area contributed by atoms with Crippen molar-refractivity contribution in [1.29, 1.82) is 0 Å². The highest BCUT2D eigenvalue weighted by molar-refractivity contribution is 6.32. The van der Waals surface area contributed by atoms with E-state index in [1.165, 1.54) is 0 Å². The summed E-state index contributed by atoms with van der Waals surface area (Å²) < 4.78 is 6.02. The van der Waals surface area contributed by atoms with E-state index in [0.29, 0.717) is 11.3 Å². The van der Waals surface area contributed by atoms with Crippen molar-refractivity contribution in [2.75, 3.05) is 13.1 Å². The zero-order valence-electron chi connectivity index (χ0n) is 12.2. The average Bonchev–Trinajstić information content (AvgIpc) is 2.33. The van der Waals surface area contributed by atoms with E-state index >= 15 is 0 Å². The molecular weight excluding hydrogens is 297 g/mol. The van der Waals surface area contributed by atoms with Crippen molar-refractivity contribution in [2.24, 2.45) is 0 Å². The normalized spacial score (nSPS) is 18.4. The van der Waals surface area contributed by atoms with Gasteiger partial charge in [0.25, 0.3) is 0 Å². The molecular formula is C14H21Cl2N3O. The second-order valence-corrected chi connectivity index (χ2v) is 6.86. The number of ether oxygens (including phenoxy) is 1. The number of piperidine rings is 1. The second-order valence-electron chi connectivity index (χ2n) is 6.16. The highest BCUT2D eigenvalue weighted by Gasteiger charge is 2.24. The monoisotopic (exact) mass is 317 g/mol. The van der Waals surface area contributed by atoms with Crippen molar-refractivity contribution in [3.8, 4) is 0 Å². The fourth-order valence-electron chi connectivity index (χ4n) is 2.40. The molecule has 20 heavy (non-hydrogen) atoms. The second kappa shape index (κ2) is 6.56. The largest absolute Gasteiger partial charge is 0.373 e. The number of hydrogen-bond acceptors (Lipinski definition) is 4. The standard InChI is InChI=1S/C14H21Cl2N3O/c1-14(2,3)20-11-4-6-19(7-5-11)9-10-8-17-13(16)18-12(10)15/h8,11H,4-7,9H2,1-3H3. The number of aromatic nitrogens is 2. The quantitative estimate of drug-likeness (QED) is 0.631. The number of likely N-dealkylation sites (tertiary alicyclic amines) is 1. The fourth-order valence-corrected chi connectivity index (χ4v) is 2.76. The summed E-state index contributed by atoms with van der Waals surface area (Å²) in [4.78, 5) is 10.3. The van der Waals surface area contributed by atoms with E-state index in [1.807, 2.05) is 0 Å². The lowest BCUT2D eigenvalue weighted by molar-refractivity contribution is -0.0827. The van der Waals surface area contributed by atoms with Gasteiger partial charge in [0, 0.05) is 31.4 Å². The number of hydrogen-bond donors (Lipinski definition) is 0. The zero-order chi connectivity index (χ0) is 14.8. The maximum atomic E-state index is 6.08. The summed E-state index contributed by atoms with van der Waals surface area (Å²) in [7, 11) is 0. The molecule has 1 aliphatic rings. The van der Waals surface area contributed by atoms with Crippen LogP contribution in [0.3, 0.4) is 0 Å². The van der Waals surface area contributed by atoms with Gasteiger partial charge in [0.05, 0.1) is 11.7 Å². The van der Waals surface area contributed by atoms with Gasteiger partial charge in [0.1, 0.15) is 5.15 Å². The molecule has 1 aromatic rings.